The van der Waals surface area contributed by atoms with E-state index < -0.39 is 0 Å². The van der Waals surface area contributed by atoms with Crippen LogP contribution < -0.4 is 0 Å². The van der Waals surface area contributed by atoms with Gasteiger partial charge in [-0.15, -0.1) is 11.8 Å². The topological polar surface area (TPSA) is 59.8 Å². The Morgan fingerprint density at radius 3 is 2.77 bits per heavy atom. The lowest BCUT2D eigenvalue weighted by Crippen LogP contribution is -2.26. The molecule has 0 saturated carbocycles. The van der Waals surface area contributed by atoms with E-state index in [1.165, 1.54) is 18.9 Å². The maximum Gasteiger partial charge on any atom is 0.315 e. The van der Waals surface area contributed by atoms with Crippen molar-refractivity contribution < 1.29 is 18.7 Å². The van der Waals surface area contributed by atoms with Crippen molar-refractivity contribution in [1.29, 1.82) is 0 Å². The summed E-state index contributed by atoms with van der Waals surface area (Å²) >= 11 is 1.42. The number of esters is 1. The molecule has 0 atom stereocenters. The average Bonchev–Trinajstić information content (AvgIpc) is 3.00. The fourth-order valence-corrected chi connectivity index (χ4v) is 3.50. The van der Waals surface area contributed by atoms with Crippen LogP contribution in [0.1, 0.15) is 37.5 Å². The van der Waals surface area contributed by atoms with E-state index >= 15 is 0 Å². The zero-order valence-corrected chi connectivity index (χ0v) is 16.6. The highest BCUT2D eigenvalue weighted by atomic mass is 32.2. The molecule has 2 rings (SSSR count). The number of methoxy groups -OCH3 is 1. The summed E-state index contributed by atoms with van der Waals surface area (Å²) in [5, 5.41) is 1.08. The molecule has 26 heavy (non-hydrogen) atoms. The Morgan fingerprint density at radius 1 is 1.27 bits per heavy atom. The monoisotopic (exact) mass is 377 g/mol. The van der Waals surface area contributed by atoms with Crippen LogP contribution in [-0.4, -0.2) is 42.4 Å². The van der Waals surface area contributed by atoms with Crippen LogP contribution in [0, 0.1) is 0 Å². The molecule has 0 bridgehead atoms. The molecule has 0 saturated heterocycles. The number of amides is 1. The van der Waals surface area contributed by atoms with Crippen molar-refractivity contribution in [3.63, 3.8) is 0 Å². The first-order valence-corrected chi connectivity index (χ1v) is 10.1. The van der Waals surface area contributed by atoms with Gasteiger partial charge in [0, 0.05) is 43.1 Å². The number of furan rings is 1. The minimum atomic E-state index is -0.263. The highest BCUT2D eigenvalue weighted by molar-refractivity contribution is 7.99. The van der Waals surface area contributed by atoms with Crippen LogP contribution in [-0.2, 0) is 27.3 Å². The summed E-state index contributed by atoms with van der Waals surface area (Å²) < 4.78 is 10.6. The number of fused-ring (bicyclic) bond motifs is 1. The standard InChI is InChI=1S/C20H27NO4S/c1-4-5-9-18-16(15-8-6-7-10-17(15)25-18)13-21(2)19(22)11-12-26-14-20(23)24-3/h6-8,10H,4-5,9,11-14H2,1-3H3. The summed E-state index contributed by atoms with van der Waals surface area (Å²) in [6.07, 6.45) is 3.45. The van der Waals surface area contributed by atoms with Gasteiger partial charge in [-0.3, -0.25) is 9.59 Å². The van der Waals surface area contributed by atoms with Gasteiger partial charge in [-0.1, -0.05) is 31.5 Å². The molecule has 1 heterocycles. The Hall–Kier alpha value is -1.95. The number of hydrogen-bond acceptors (Lipinski definition) is 5. The predicted octanol–water partition coefficient (Wildman–Crippen LogP) is 4.03. The largest absolute Gasteiger partial charge is 0.468 e. The lowest BCUT2D eigenvalue weighted by molar-refractivity contribution is -0.137. The molecule has 0 aliphatic rings. The van der Waals surface area contributed by atoms with Crippen molar-refractivity contribution in [2.24, 2.45) is 0 Å². The van der Waals surface area contributed by atoms with Gasteiger partial charge in [-0.25, -0.2) is 0 Å². The summed E-state index contributed by atoms with van der Waals surface area (Å²) in [5.74, 6) is 1.66. The van der Waals surface area contributed by atoms with Crippen LogP contribution in [0.15, 0.2) is 28.7 Å². The number of para-hydroxylation sites is 1. The van der Waals surface area contributed by atoms with E-state index in [4.69, 9.17) is 4.42 Å². The smallest absolute Gasteiger partial charge is 0.315 e. The maximum atomic E-state index is 12.4. The van der Waals surface area contributed by atoms with E-state index in [-0.39, 0.29) is 17.6 Å². The highest BCUT2D eigenvalue weighted by Crippen LogP contribution is 2.28. The molecule has 6 heteroatoms. The lowest BCUT2D eigenvalue weighted by atomic mass is 10.1. The van der Waals surface area contributed by atoms with Crippen LogP contribution in [0.2, 0.25) is 0 Å². The highest BCUT2D eigenvalue weighted by Gasteiger charge is 2.17. The molecule has 0 radical (unpaired) electrons. The first-order chi connectivity index (χ1) is 12.6. The number of nitrogens with zero attached hydrogens (tertiary/aromatic N) is 1. The number of unbranched alkanes of at least 4 members (excludes halogenated alkanes) is 1. The molecule has 2 aromatic rings. The molecule has 0 spiro atoms. The fraction of sp³-hybridized carbons (Fsp3) is 0.500. The SMILES string of the molecule is CCCCc1oc2ccccc2c1CN(C)C(=O)CCSCC(=O)OC. The summed E-state index contributed by atoms with van der Waals surface area (Å²) in [7, 11) is 3.19. The molecule has 0 unspecified atom stereocenters. The van der Waals surface area contributed by atoms with Gasteiger partial charge in [0.25, 0.3) is 0 Å². The molecule has 0 aliphatic carbocycles. The van der Waals surface area contributed by atoms with Gasteiger partial charge in [-0.2, -0.15) is 0 Å². The molecular formula is C20H27NO4S. The van der Waals surface area contributed by atoms with Crippen molar-refractivity contribution in [2.45, 2.75) is 39.2 Å². The Bertz CT molecular complexity index is 740. The third kappa shape index (κ3) is 5.53. The number of thioether (sulfide) groups is 1. The third-order valence-electron chi connectivity index (χ3n) is 4.27. The van der Waals surface area contributed by atoms with Crippen molar-refractivity contribution in [2.75, 3.05) is 25.7 Å². The molecular weight excluding hydrogens is 350 g/mol. The number of benzene rings is 1. The first-order valence-electron chi connectivity index (χ1n) is 8.94. The second-order valence-electron chi connectivity index (χ2n) is 6.23. The summed E-state index contributed by atoms with van der Waals surface area (Å²) in [6.45, 7) is 2.69. The Labute approximate surface area is 159 Å². The molecule has 0 fully saturated rings. The van der Waals surface area contributed by atoms with Crippen molar-refractivity contribution in [3.05, 3.63) is 35.6 Å². The van der Waals surface area contributed by atoms with E-state index in [1.54, 1.807) is 4.90 Å². The minimum Gasteiger partial charge on any atom is -0.468 e. The van der Waals surface area contributed by atoms with Gasteiger partial charge >= 0.3 is 5.97 Å². The van der Waals surface area contributed by atoms with Crippen LogP contribution in [0.4, 0.5) is 0 Å². The van der Waals surface area contributed by atoms with Gasteiger partial charge in [0.2, 0.25) is 5.91 Å². The summed E-state index contributed by atoms with van der Waals surface area (Å²) in [6, 6.07) is 7.98. The van der Waals surface area contributed by atoms with Crippen LogP contribution in [0.5, 0.6) is 0 Å². The number of carbonyl (C=O) groups is 2. The number of ether oxygens (including phenoxy) is 1. The van der Waals surface area contributed by atoms with E-state index in [0.29, 0.717) is 18.7 Å². The van der Waals surface area contributed by atoms with Crippen LogP contribution >= 0.6 is 11.8 Å². The zero-order chi connectivity index (χ0) is 18.9. The Kier molecular flexibility index (Phi) is 8.04. The average molecular weight is 378 g/mol. The van der Waals surface area contributed by atoms with Gasteiger partial charge in [0.05, 0.1) is 12.9 Å². The Balaban J connectivity index is 1.99. The number of carbonyl (C=O) groups excluding carboxylic acids is 2. The normalized spacial score (nSPS) is 10.9. The van der Waals surface area contributed by atoms with E-state index in [1.807, 2.05) is 31.3 Å². The second kappa shape index (κ2) is 10.3. The van der Waals surface area contributed by atoms with Crippen molar-refractivity contribution in [1.82, 2.24) is 4.90 Å². The quantitative estimate of drug-likeness (QED) is 0.462. The summed E-state index contributed by atoms with van der Waals surface area (Å²) in [5.41, 5.74) is 1.98. The molecule has 1 amide bonds. The number of rotatable bonds is 10. The lowest BCUT2D eigenvalue weighted by Gasteiger charge is -2.17. The zero-order valence-electron chi connectivity index (χ0n) is 15.7. The first kappa shape index (κ1) is 20.4. The van der Waals surface area contributed by atoms with Crippen molar-refractivity contribution >= 4 is 34.6 Å². The molecule has 0 N–H and O–H groups in total. The van der Waals surface area contributed by atoms with E-state index in [0.717, 1.165) is 41.6 Å². The molecule has 1 aromatic heterocycles. The third-order valence-corrected chi connectivity index (χ3v) is 5.20. The van der Waals surface area contributed by atoms with Crippen LogP contribution in [0.3, 0.4) is 0 Å². The van der Waals surface area contributed by atoms with Gasteiger partial charge < -0.3 is 14.1 Å². The molecule has 5 nitrogen and oxygen atoms in total. The second-order valence-corrected chi connectivity index (χ2v) is 7.34. The van der Waals surface area contributed by atoms with Gasteiger partial charge in [0.1, 0.15) is 11.3 Å². The fourth-order valence-electron chi connectivity index (χ4n) is 2.75. The van der Waals surface area contributed by atoms with E-state index in [9.17, 15) is 9.59 Å². The number of hydrogen-bond donors (Lipinski definition) is 0. The Morgan fingerprint density at radius 2 is 2.04 bits per heavy atom. The minimum absolute atomic E-state index is 0.0640. The van der Waals surface area contributed by atoms with Crippen molar-refractivity contribution in [3.8, 4) is 0 Å². The predicted molar refractivity (Wildman–Crippen MR) is 105 cm³/mol. The van der Waals surface area contributed by atoms with Crippen LogP contribution in [0.25, 0.3) is 11.0 Å². The molecule has 0 aliphatic heterocycles. The number of aryl methyl sites for hydroxylation is 1. The van der Waals surface area contributed by atoms with E-state index in [2.05, 4.69) is 11.7 Å². The molecule has 142 valence electrons. The summed E-state index contributed by atoms with van der Waals surface area (Å²) in [4.78, 5) is 25.3. The van der Waals surface area contributed by atoms with Gasteiger partial charge in [-0.05, 0) is 12.5 Å². The van der Waals surface area contributed by atoms with Gasteiger partial charge in [0.15, 0.2) is 0 Å². The molecule has 1 aromatic carbocycles. The maximum absolute atomic E-state index is 12.4.